The number of aromatic nitrogens is 3. The summed E-state index contributed by atoms with van der Waals surface area (Å²) in [5.41, 5.74) is 1.62. The van der Waals surface area contributed by atoms with Gasteiger partial charge in [-0.05, 0) is 30.7 Å². The highest BCUT2D eigenvalue weighted by Gasteiger charge is 2.06. The molecule has 1 amide bonds. The normalized spacial score (nSPS) is 10.8. The fraction of sp³-hybridized carbons (Fsp3) is 0.188. The highest BCUT2D eigenvalue weighted by atomic mass is 35.5. The van der Waals surface area contributed by atoms with Crippen molar-refractivity contribution in [1.82, 2.24) is 20.1 Å². The molecule has 5 nitrogen and oxygen atoms in total. The van der Waals surface area contributed by atoms with E-state index in [0.29, 0.717) is 17.1 Å². The van der Waals surface area contributed by atoms with E-state index < -0.39 is 0 Å². The van der Waals surface area contributed by atoms with Crippen LogP contribution in [0.5, 0.6) is 0 Å². The molecule has 0 spiro atoms. The van der Waals surface area contributed by atoms with Gasteiger partial charge in [-0.1, -0.05) is 17.7 Å². The number of nitrogens with zero attached hydrogens (tertiary/aromatic N) is 3. The van der Waals surface area contributed by atoms with Crippen molar-refractivity contribution >= 4 is 28.4 Å². The van der Waals surface area contributed by atoms with E-state index in [9.17, 15) is 4.79 Å². The van der Waals surface area contributed by atoms with Crippen molar-refractivity contribution in [2.75, 3.05) is 6.54 Å². The Balaban J connectivity index is 1.55. The lowest BCUT2D eigenvalue weighted by atomic mass is 10.2. The summed E-state index contributed by atoms with van der Waals surface area (Å²) in [5, 5.41) is 8.88. The second kappa shape index (κ2) is 6.58. The molecule has 3 aromatic rings. The third-order valence-electron chi connectivity index (χ3n) is 3.41. The number of fused-ring (bicyclic) bond motifs is 1. The Morgan fingerprint density at radius 2 is 2.05 bits per heavy atom. The molecule has 2 aromatic heterocycles. The van der Waals surface area contributed by atoms with Gasteiger partial charge in [0.05, 0.1) is 16.7 Å². The predicted molar refractivity (Wildman–Crippen MR) is 85.9 cm³/mol. The van der Waals surface area contributed by atoms with Crippen LogP contribution in [0.15, 0.2) is 48.9 Å². The van der Waals surface area contributed by atoms with Gasteiger partial charge in [0.1, 0.15) is 0 Å². The van der Waals surface area contributed by atoms with Gasteiger partial charge in [-0.25, -0.2) is 0 Å². The van der Waals surface area contributed by atoms with Crippen LogP contribution in [0.2, 0.25) is 5.02 Å². The van der Waals surface area contributed by atoms with Gasteiger partial charge in [0, 0.05) is 36.4 Å². The monoisotopic (exact) mass is 314 g/mol. The highest BCUT2D eigenvalue weighted by Crippen LogP contribution is 2.22. The zero-order valence-corrected chi connectivity index (χ0v) is 12.6. The molecule has 0 fully saturated rings. The molecule has 1 N–H and O–H groups in total. The SMILES string of the molecule is O=C(NCCCn1ncc2c(Cl)cccc21)c1ccncc1. The quantitative estimate of drug-likeness (QED) is 0.737. The molecule has 0 unspecified atom stereocenters. The van der Waals surface area contributed by atoms with Gasteiger partial charge >= 0.3 is 0 Å². The van der Waals surface area contributed by atoms with E-state index in [1.807, 2.05) is 22.9 Å². The standard InChI is InChI=1S/C16H15ClN4O/c17-14-3-1-4-15-13(14)11-20-21(15)10-2-7-19-16(22)12-5-8-18-9-6-12/h1,3-6,8-9,11H,2,7,10H2,(H,19,22). The summed E-state index contributed by atoms with van der Waals surface area (Å²) in [5.74, 6) is -0.0873. The smallest absolute Gasteiger partial charge is 0.251 e. The number of hydrogen-bond donors (Lipinski definition) is 1. The molecule has 0 saturated carbocycles. The molecule has 2 heterocycles. The Labute approximate surface area is 132 Å². The Morgan fingerprint density at radius 3 is 2.86 bits per heavy atom. The summed E-state index contributed by atoms with van der Waals surface area (Å²) in [6.45, 7) is 1.31. The minimum Gasteiger partial charge on any atom is -0.352 e. The maximum absolute atomic E-state index is 11.9. The van der Waals surface area contributed by atoms with Gasteiger partial charge in [-0.2, -0.15) is 5.10 Å². The van der Waals surface area contributed by atoms with Gasteiger partial charge < -0.3 is 5.32 Å². The minimum absolute atomic E-state index is 0.0873. The average Bonchev–Trinajstić information content (AvgIpc) is 2.97. The summed E-state index contributed by atoms with van der Waals surface area (Å²) in [6.07, 6.45) is 5.77. The van der Waals surface area contributed by atoms with E-state index in [1.54, 1.807) is 30.7 Å². The van der Waals surface area contributed by atoms with E-state index in [-0.39, 0.29) is 5.91 Å². The number of amides is 1. The fourth-order valence-electron chi connectivity index (χ4n) is 2.28. The van der Waals surface area contributed by atoms with Crippen LogP contribution >= 0.6 is 11.6 Å². The number of carbonyl (C=O) groups is 1. The van der Waals surface area contributed by atoms with E-state index in [2.05, 4.69) is 15.4 Å². The second-order valence-corrected chi connectivity index (χ2v) is 5.29. The van der Waals surface area contributed by atoms with Crippen molar-refractivity contribution in [2.24, 2.45) is 0 Å². The first-order valence-electron chi connectivity index (χ1n) is 7.04. The van der Waals surface area contributed by atoms with Crippen LogP contribution in [0.25, 0.3) is 10.9 Å². The molecular weight excluding hydrogens is 300 g/mol. The fourth-order valence-corrected chi connectivity index (χ4v) is 2.50. The second-order valence-electron chi connectivity index (χ2n) is 4.89. The molecule has 0 aliphatic carbocycles. The Morgan fingerprint density at radius 1 is 1.23 bits per heavy atom. The lowest BCUT2D eigenvalue weighted by Crippen LogP contribution is -2.25. The Kier molecular flexibility index (Phi) is 4.34. The van der Waals surface area contributed by atoms with Gasteiger partial charge in [0.2, 0.25) is 0 Å². The molecular formula is C16H15ClN4O. The predicted octanol–water partition coefficient (Wildman–Crippen LogP) is 2.90. The van der Waals surface area contributed by atoms with Crippen molar-refractivity contribution in [2.45, 2.75) is 13.0 Å². The van der Waals surface area contributed by atoms with Gasteiger partial charge in [0.15, 0.2) is 0 Å². The molecule has 112 valence electrons. The number of nitrogens with one attached hydrogen (secondary N) is 1. The number of pyridine rings is 1. The van der Waals surface area contributed by atoms with Crippen LogP contribution < -0.4 is 5.32 Å². The van der Waals surface area contributed by atoms with E-state index in [0.717, 1.165) is 23.9 Å². The Bertz CT molecular complexity index is 785. The summed E-state index contributed by atoms with van der Waals surface area (Å²) < 4.78 is 1.90. The first-order chi connectivity index (χ1) is 10.8. The van der Waals surface area contributed by atoms with E-state index >= 15 is 0 Å². The largest absolute Gasteiger partial charge is 0.352 e. The van der Waals surface area contributed by atoms with Crippen LogP contribution in [0.4, 0.5) is 0 Å². The van der Waals surface area contributed by atoms with Crippen LogP contribution in [0.1, 0.15) is 16.8 Å². The molecule has 0 saturated heterocycles. The van der Waals surface area contributed by atoms with Crippen molar-refractivity contribution in [3.05, 3.63) is 59.5 Å². The molecule has 0 aliphatic rings. The van der Waals surface area contributed by atoms with E-state index in [1.165, 1.54) is 0 Å². The van der Waals surface area contributed by atoms with Gasteiger partial charge in [-0.3, -0.25) is 14.5 Å². The maximum Gasteiger partial charge on any atom is 0.251 e. The number of hydrogen-bond acceptors (Lipinski definition) is 3. The topological polar surface area (TPSA) is 59.8 Å². The van der Waals surface area contributed by atoms with Crippen LogP contribution in [0.3, 0.4) is 0 Å². The molecule has 0 bridgehead atoms. The van der Waals surface area contributed by atoms with E-state index in [4.69, 9.17) is 11.6 Å². The first-order valence-corrected chi connectivity index (χ1v) is 7.42. The molecule has 0 aliphatic heterocycles. The van der Waals surface area contributed by atoms with Crippen LogP contribution in [0, 0.1) is 0 Å². The number of benzene rings is 1. The van der Waals surface area contributed by atoms with Gasteiger partial charge in [0.25, 0.3) is 5.91 Å². The van der Waals surface area contributed by atoms with Crippen LogP contribution in [-0.4, -0.2) is 27.2 Å². The molecule has 6 heteroatoms. The maximum atomic E-state index is 11.9. The minimum atomic E-state index is -0.0873. The summed E-state index contributed by atoms with van der Waals surface area (Å²) in [4.78, 5) is 15.8. The van der Waals surface area contributed by atoms with Crippen molar-refractivity contribution < 1.29 is 4.79 Å². The molecule has 0 atom stereocenters. The lowest BCUT2D eigenvalue weighted by Gasteiger charge is -2.06. The molecule has 22 heavy (non-hydrogen) atoms. The third kappa shape index (κ3) is 3.09. The zero-order valence-electron chi connectivity index (χ0n) is 11.9. The molecule has 0 radical (unpaired) electrons. The van der Waals surface area contributed by atoms with Crippen LogP contribution in [-0.2, 0) is 6.54 Å². The lowest BCUT2D eigenvalue weighted by molar-refractivity contribution is 0.0952. The number of rotatable bonds is 5. The summed E-state index contributed by atoms with van der Waals surface area (Å²) >= 11 is 6.13. The Hall–Kier alpha value is -2.40. The van der Waals surface area contributed by atoms with Crippen molar-refractivity contribution in [3.63, 3.8) is 0 Å². The third-order valence-corrected chi connectivity index (χ3v) is 3.74. The summed E-state index contributed by atoms with van der Waals surface area (Å²) in [7, 11) is 0. The number of halogens is 1. The molecule has 1 aromatic carbocycles. The number of aryl methyl sites for hydroxylation is 1. The molecule has 3 rings (SSSR count). The van der Waals surface area contributed by atoms with Crippen molar-refractivity contribution in [1.29, 1.82) is 0 Å². The number of carbonyl (C=O) groups excluding carboxylic acids is 1. The summed E-state index contributed by atoms with van der Waals surface area (Å²) in [6, 6.07) is 9.14. The van der Waals surface area contributed by atoms with Crippen molar-refractivity contribution in [3.8, 4) is 0 Å². The van der Waals surface area contributed by atoms with Gasteiger partial charge in [-0.15, -0.1) is 0 Å². The average molecular weight is 315 g/mol. The first kappa shape index (κ1) is 14.5. The highest BCUT2D eigenvalue weighted by molar-refractivity contribution is 6.35. The zero-order chi connectivity index (χ0) is 15.4.